The van der Waals surface area contributed by atoms with Crippen LogP contribution in [0.1, 0.15) is 10.4 Å². The van der Waals surface area contributed by atoms with E-state index in [2.05, 4.69) is 15.6 Å². The maximum absolute atomic E-state index is 12.0. The smallest absolute Gasteiger partial charge is 0.251 e. The number of nitrogens with zero attached hydrogens (tertiary/aromatic N) is 1. The number of aliphatic hydroxyl groups is 1. The number of carbonyl (C=O) groups is 1. The summed E-state index contributed by atoms with van der Waals surface area (Å²) in [6, 6.07) is 12.6. The number of anilines is 2. The van der Waals surface area contributed by atoms with Crippen molar-refractivity contribution < 1.29 is 19.1 Å². The molecule has 0 atom stereocenters. The first-order valence-electron chi connectivity index (χ1n) is 8.91. The summed E-state index contributed by atoms with van der Waals surface area (Å²) in [5, 5.41) is 16.8. The van der Waals surface area contributed by atoms with Crippen LogP contribution >= 0.6 is 11.6 Å². The highest BCUT2D eigenvalue weighted by molar-refractivity contribution is 6.37. The number of hydrogen-bond acceptors (Lipinski definition) is 6. The summed E-state index contributed by atoms with van der Waals surface area (Å²) < 4.78 is 10.8. The molecule has 7 nitrogen and oxygen atoms in total. The molecule has 148 valence electrons. The van der Waals surface area contributed by atoms with E-state index in [-0.39, 0.29) is 19.1 Å². The van der Waals surface area contributed by atoms with E-state index in [9.17, 15) is 4.79 Å². The molecule has 0 aliphatic rings. The molecule has 0 saturated carbocycles. The first kappa shape index (κ1) is 19.0. The Morgan fingerprint density at radius 1 is 1.24 bits per heavy atom. The lowest BCUT2D eigenvalue weighted by Gasteiger charge is -2.12. The van der Waals surface area contributed by atoms with Gasteiger partial charge in [-0.1, -0.05) is 11.6 Å². The molecule has 0 unspecified atom stereocenters. The van der Waals surface area contributed by atoms with Crippen LogP contribution in [0.2, 0.25) is 5.02 Å². The highest BCUT2D eigenvalue weighted by atomic mass is 35.5. The van der Waals surface area contributed by atoms with E-state index < -0.39 is 0 Å². The third kappa shape index (κ3) is 3.70. The van der Waals surface area contributed by atoms with Gasteiger partial charge in [0, 0.05) is 29.2 Å². The molecule has 0 radical (unpaired) electrons. The Balaban J connectivity index is 1.74. The molecule has 29 heavy (non-hydrogen) atoms. The number of rotatable bonds is 6. The standard InChI is InChI=1S/C21H18ClN3O4/c1-28-14-6-7-15-17(10-14)25-21-18(16(22)11-29-21)19(15)24-13-4-2-12(3-5-13)20(27)23-8-9-26/h2-7,10-11,26H,8-9H2,1H3,(H,23,27)(H,24,25). The zero-order valence-electron chi connectivity index (χ0n) is 15.5. The van der Waals surface area contributed by atoms with Crippen molar-refractivity contribution in [3.05, 3.63) is 59.3 Å². The molecule has 8 heteroatoms. The predicted molar refractivity (Wildman–Crippen MR) is 112 cm³/mol. The van der Waals surface area contributed by atoms with Crippen molar-refractivity contribution >= 4 is 50.9 Å². The molecule has 0 spiro atoms. The van der Waals surface area contributed by atoms with Gasteiger partial charge in [0.2, 0.25) is 5.71 Å². The summed E-state index contributed by atoms with van der Waals surface area (Å²) in [5.74, 6) is 0.443. The number of aliphatic hydroxyl groups excluding tert-OH is 1. The molecular weight excluding hydrogens is 394 g/mol. The second kappa shape index (κ2) is 7.98. The number of pyridine rings is 1. The maximum atomic E-state index is 12.0. The summed E-state index contributed by atoms with van der Waals surface area (Å²) in [5.41, 5.74) is 3.14. The Labute approximate surface area is 171 Å². The number of amides is 1. The van der Waals surface area contributed by atoms with Gasteiger partial charge < -0.3 is 24.9 Å². The summed E-state index contributed by atoms with van der Waals surface area (Å²) in [6.07, 6.45) is 1.45. The maximum Gasteiger partial charge on any atom is 0.251 e. The molecular formula is C21H18ClN3O4. The quantitative estimate of drug-likeness (QED) is 0.442. The van der Waals surface area contributed by atoms with Crippen molar-refractivity contribution in [3.8, 4) is 5.75 Å². The minimum Gasteiger partial charge on any atom is -0.497 e. The summed E-state index contributed by atoms with van der Waals surface area (Å²) in [7, 11) is 1.60. The van der Waals surface area contributed by atoms with Gasteiger partial charge in [0.25, 0.3) is 5.91 Å². The minimum atomic E-state index is -0.243. The Bertz CT molecular complexity index is 1190. The highest BCUT2D eigenvalue weighted by Crippen LogP contribution is 2.39. The van der Waals surface area contributed by atoms with Gasteiger partial charge in [0.1, 0.15) is 12.0 Å². The average molecular weight is 412 g/mol. The van der Waals surface area contributed by atoms with E-state index in [1.54, 1.807) is 31.4 Å². The Hall–Kier alpha value is -3.29. The van der Waals surface area contributed by atoms with Crippen molar-refractivity contribution in [1.29, 1.82) is 0 Å². The van der Waals surface area contributed by atoms with E-state index in [0.29, 0.717) is 33.0 Å². The normalized spacial score (nSPS) is 11.0. The molecule has 2 aromatic heterocycles. The van der Waals surface area contributed by atoms with Crippen molar-refractivity contribution in [3.63, 3.8) is 0 Å². The highest BCUT2D eigenvalue weighted by Gasteiger charge is 2.16. The lowest BCUT2D eigenvalue weighted by molar-refractivity contribution is 0.0945. The fraction of sp³-hybridized carbons (Fsp3) is 0.143. The van der Waals surface area contributed by atoms with E-state index in [1.807, 2.05) is 18.2 Å². The van der Waals surface area contributed by atoms with Crippen LogP contribution in [-0.4, -0.2) is 36.3 Å². The fourth-order valence-corrected chi connectivity index (χ4v) is 3.29. The van der Waals surface area contributed by atoms with Gasteiger partial charge in [-0.05, 0) is 36.4 Å². The molecule has 0 bridgehead atoms. The van der Waals surface area contributed by atoms with Crippen LogP contribution < -0.4 is 15.4 Å². The first-order chi connectivity index (χ1) is 14.1. The number of benzene rings is 2. The van der Waals surface area contributed by atoms with Crippen LogP contribution in [0.5, 0.6) is 5.75 Å². The van der Waals surface area contributed by atoms with E-state index in [0.717, 1.165) is 16.8 Å². The molecule has 0 saturated heterocycles. The van der Waals surface area contributed by atoms with Crippen molar-refractivity contribution in [2.45, 2.75) is 0 Å². The largest absolute Gasteiger partial charge is 0.497 e. The molecule has 0 fully saturated rings. The van der Waals surface area contributed by atoms with Crippen LogP contribution in [0.4, 0.5) is 11.4 Å². The van der Waals surface area contributed by atoms with Crippen molar-refractivity contribution in [2.75, 3.05) is 25.6 Å². The SMILES string of the molecule is COc1ccc2c(Nc3ccc(C(=O)NCCO)cc3)c3c(Cl)coc3nc2c1. The van der Waals surface area contributed by atoms with Crippen molar-refractivity contribution in [2.24, 2.45) is 0 Å². The van der Waals surface area contributed by atoms with Gasteiger partial charge in [-0.3, -0.25) is 4.79 Å². The second-order valence-corrected chi connectivity index (χ2v) is 6.72. The fourth-order valence-electron chi connectivity index (χ4n) is 3.07. The zero-order valence-corrected chi connectivity index (χ0v) is 16.3. The number of methoxy groups -OCH3 is 1. The van der Waals surface area contributed by atoms with Crippen LogP contribution in [0, 0.1) is 0 Å². The zero-order chi connectivity index (χ0) is 20.4. The van der Waals surface area contributed by atoms with Crippen LogP contribution in [0.25, 0.3) is 22.0 Å². The average Bonchev–Trinajstić information content (AvgIpc) is 3.12. The topological polar surface area (TPSA) is 96.6 Å². The van der Waals surface area contributed by atoms with Gasteiger partial charge in [0.05, 0.1) is 35.3 Å². The van der Waals surface area contributed by atoms with Crippen LogP contribution in [0.15, 0.2) is 53.1 Å². The third-order valence-corrected chi connectivity index (χ3v) is 4.76. The van der Waals surface area contributed by atoms with Gasteiger partial charge in [-0.25, -0.2) is 4.98 Å². The number of fused-ring (bicyclic) bond motifs is 2. The number of hydrogen-bond donors (Lipinski definition) is 3. The van der Waals surface area contributed by atoms with Gasteiger partial charge in [-0.2, -0.15) is 0 Å². The lowest BCUT2D eigenvalue weighted by atomic mass is 10.1. The molecule has 2 aromatic carbocycles. The summed E-state index contributed by atoms with van der Waals surface area (Å²) >= 11 is 6.35. The van der Waals surface area contributed by atoms with Crippen molar-refractivity contribution in [1.82, 2.24) is 10.3 Å². The molecule has 3 N–H and O–H groups in total. The van der Waals surface area contributed by atoms with Gasteiger partial charge >= 0.3 is 0 Å². The van der Waals surface area contributed by atoms with Crippen LogP contribution in [0.3, 0.4) is 0 Å². The van der Waals surface area contributed by atoms with E-state index in [4.69, 9.17) is 25.9 Å². The van der Waals surface area contributed by atoms with E-state index in [1.165, 1.54) is 6.26 Å². The number of halogens is 1. The first-order valence-corrected chi connectivity index (χ1v) is 9.29. The Morgan fingerprint density at radius 2 is 2.03 bits per heavy atom. The number of aromatic nitrogens is 1. The third-order valence-electron chi connectivity index (χ3n) is 4.49. The van der Waals surface area contributed by atoms with Gasteiger partial charge in [-0.15, -0.1) is 0 Å². The van der Waals surface area contributed by atoms with Crippen LogP contribution in [-0.2, 0) is 0 Å². The molecule has 0 aliphatic carbocycles. The molecule has 4 rings (SSSR count). The minimum absolute atomic E-state index is 0.104. The second-order valence-electron chi connectivity index (χ2n) is 6.32. The van der Waals surface area contributed by atoms with E-state index >= 15 is 0 Å². The molecule has 1 amide bonds. The molecule has 4 aromatic rings. The number of furan rings is 1. The Morgan fingerprint density at radius 3 is 2.76 bits per heavy atom. The van der Waals surface area contributed by atoms with Gasteiger partial charge in [0.15, 0.2) is 0 Å². The summed E-state index contributed by atoms with van der Waals surface area (Å²) in [6.45, 7) is 0.106. The Kier molecular flexibility index (Phi) is 5.24. The monoisotopic (exact) mass is 411 g/mol. The lowest BCUT2D eigenvalue weighted by Crippen LogP contribution is -2.26. The number of carbonyl (C=O) groups excluding carboxylic acids is 1. The molecule has 0 aliphatic heterocycles. The molecule has 2 heterocycles. The number of ether oxygens (including phenoxy) is 1. The number of nitrogens with one attached hydrogen (secondary N) is 2. The summed E-state index contributed by atoms with van der Waals surface area (Å²) in [4.78, 5) is 16.5. The predicted octanol–water partition coefficient (Wildman–Crippen LogP) is 4.11.